The lowest BCUT2D eigenvalue weighted by molar-refractivity contribution is -0.116. The van der Waals surface area contributed by atoms with Gasteiger partial charge in [-0.1, -0.05) is 6.07 Å². The summed E-state index contributed by atoms with van der Waals surface area (Å²) >= 11 is 0. The molecular formula is C20H17BF2N4O4. The highest BCUT2D eigenvalue weighted by Gasteiger charge is 2.17. The number of halogens is 2. The van der Waals surface area contributed by atoms with Crippen molar-refractivity contribution >= 4 is 46.0 Å². The van der Waals surface area contributed by atoms with Crippen LogP contribution in [0.25, 0.3) is 21.8 Å². The van der Waals surface area contributed by atoms with Gasteiger partial charge in [0.1, 0.15) is 11.6 Å². The molecule has 1 amide bonds. The summed E-state index contributed by atoms with van der Waals surface area (Å²) < 4.78 is 30.8. The number of nitrogens with one attached hydrogen (secondary N) is 1. The fraction of sp³-hybridized carbons (Fsp3) is 0.150. The SMILES string of the molecule is Cn1ncc2c(=O)n(CCC(=O)Nc3ccc(B(O)O)cc3F)c3cc(F)ccc3c21. The zero-order valence-corrected chi connectivity index (χ0v) is 16.3. The summed E-state index contributed by atoms with van der Waals surface area (Å²) in [5.41, 5.74) is 0.275. The number of hydrogen-bond donors (Lipinski definition) is 3. The van der Waals surface area contributed by atoms with Crippen molar-refractivity contribution < 1.29 is 23.6 Å². The second-order valence-electron chi connectivity index (χ2n) is 7.06. The van der Waals surface area contributed by atoms with Gasteiger partial charge >= 0.3 is 7.12 Å². The molecule has 0 aliphatic heterocycles. The molecule has 0 spiro atoms. The van der Waals surface area contributed by atoms with Gasteiger partial charge in [0.2, 0.25) is 5.91 Å². The average Bonchev–Trinajstić information content (AvgIpc) is 3.11. The first kappa shape index (κ1) is 20.7. The number of aromatic nitrogens is 3. The molecule has 11 heteroatoms. The number of benzene rings is 2. The van der Waals surface area contributed by atoms with E-state index in [9.17, 15) is 18.4 Å². The second kappa shape index (κ2) is 7.93. The summed E-state index contributed by atoms with van der Waals surface area (Å²) in [7, 11) is -0.153. The molecule has 0 aliphatic rings. The Labute approximate surface area is 174 Å². The molecule has 0 saturated carbocycles. The molecule has 2 heterocycles. The van der Waals surface area contributed by atoms with Gasteiger partial charge < -0.3 is 19.9 Å². The van der Waals surface area contributed by atoms with E-state index in [0.29, 0.717) is 21.8 Å². The summed E-state index contributed by atoms with van der Waals surface area (Å²) in [5, 5.41) is 25.6. The third kappa shape index (κ3) is 3.80. The number of nitrogens with zero attached hydrogens (tertiary/aromatic N) is 3. The summed E-state index contributed by atoms with van der Waals surface area (Å²) in [6.45, 7) is -0.0650. The van der Waals surface area contributed by atoms with Crippen LogP contribution in [-0.2, 0) is 18.4 Å². The highest BCUT2D eigenvalue weighted by Crippen LogP contribution is 2.23. The van der Waals surface area contributed by atoms with Crippen molar-refractivity contribution in [2.75, 3.05) is 5.32 Å². The van der Waals surface area contributed by atoms with E-state index in [1.165, 1.54) is 39.7 Å². The topological polar surface area (TPSA) is 109 Å². The quantitative estimate of drug-likeness (QED) is 0.411. The fourth-order valence-corrected chi connectivity index (χ4v) is 3.54. The minimum absolute atomic E-state index is 0.0553. The van der Waals surface area contributed by atoms with E-state index < -0.39 is 30.2 Å². The molecule has 31 heavy (non-hydrogen) atoms. The highest BCUT2D eigenvalue weighted by molar-refractivity contribution is 6.58. The molecule has 3 N–H and O–H groups in total. The van der Waals surface area contributed by atoms with E-state index in [-0.39, 0.29) is 24.1 Å². The van der Waals surface area contributed by atoms with Crippen LogP contribution < -0.4 is 16.3 Å². The van der Waals surface area contributed by atoms with Crippen molar-refractivity contribution in [3.05, 3.63) is 64.6 Å². The first-order chi connectivity index (χ1) is 14.8. The van der Waals surface area contributed by atoms with Crippen LogP contribution in [0.2, 0.25) is 0 Å². The Morgan fingerprint density at radius 1 is 1.16 bits per heavy atom. The normalized spacial score (nSPS) is 11.3. The van der Waals surface area contributed by atoms with Crippen LogP contribution >= 0.6 is 0 Å². The van der Waals surface area contributed by atoms with Gasteiger partial charge in [-0.05, 0) is 35.8 Å². The minimum Gasteiger partial charge on any atom is -0.423 e. The zero-order chi connectivity index (χ0) is 22.3. The van der Waals surface area contributed by atoms with Gasteiger partial charge in [0.05, 0.1) is 28.3 Å². The van der Waals surface area contributed by atoms with Crippen molar-refractivity contribution in [1.82, 2.24) is 14.3 Å². The van der Waals surface area contributed by atoms with Crippen LogP contribution in [-0.4, -0.2) is 37.4 Å². The van der Waals surface area contributed by atoms with Crippen molar-refractivity contribution in [2.45, 2.75) is 13.0 Å². The van der Waals surface area contributed by atoms with Crippen molar-refractivity contribution in [2.24, 2.45) is 7.05 Å². The van der Waals surface area contributed by atoms with Gasteiger partial charge in [0.15, 0.2) is 0 Å². The number of anilines is 1. The summed E-state index contributed by atoms with van der Waals surface area (Å²) in [5.74, 6) is -1.93. The molecule has 8 nitrogen and oxygen atoms in total. The molecule has 0 aliphatic carbocycles. The second-order valence-corrected chi connectivity index (χ2v) is 7.06. The minimum atomic E-state index is -1.83. The van der Waals surface area contributed by atoms with Gasteiger partial charge in [-0.15, -0.1) is 0 Å². The van der Waals surface area contributed by atoms with Crippen LogP contribution in [0.3, 0.4) is 0 Å². The maximum atomic E-state index is 14.1. The number of hydrogen-bond acceptors (Lipinski definition) is 5. The van der Waals surface area contributed by atoms with Crippen molar-refractivity contribution in [3.63, 3.8) is 0 Å². The van der Waals surface area contributed by atoms with Crippen LogP contribution in [0.4, 0.5) is 14.5 Å². The van der Waals surface area contributed by atoms with Gasteiger partial charge in [-0.25, -0.2) is 8.78 Å². The Morgan fingerprint density at radius 2 is 1.94 bits per heavy atom. The van der Waals surface area contributed by atoms with Crippen LogP contribution in [0.5, 0.6) is 0 Å². The van der Waals surface area contributed by atoms with E-state index >= 15 is 0 Å². The Kier molecular flexibility index (Phi) is 5.30. The lowest BCUT2D eigenvalue weighted by Crippen LogP contribution is -2.30. The van der Waals surface area contributed by atoms with Gasteiger partial charge in [-0.2, -0.15) is 5.10 Å². The lowest BCUT2D eigenvalue weighted by atomic mass is 9.80. The molecule has 4 rings (SSSR count). The lowest BCUT2D eigenvalue weighted by Gasteiger charge is -2.13. The first-order valence-corrected chi connectivity index (χ1v) is 9.35. The van der Waals surface area contributed by atoms with Crippen LogP contribution in [0, 0.1) is 11.6 Å². The maximum Gasteiger partial charge on any atom is 0.488 e. The first-order valence-electron chi connectivity index (χ1n) is 9.35. The van der Waals surface area contributed by atoms with E-state index in [2.05, 4.69) is 10.4 Å². The summed E-state index contributed by atoms with van der Waals surface area (Å²) in [4.78, 5) is 25.3. The number of amides is 1. The predicted molar refractivity (Wildman–Crippen MR) is 112 cm³/mol. The highest BCUT2D eigenvalue weighted by atomic mass is 19.1. The molecule has 0 atom stereocenters. The fourth-order valence-electron chi connectivity index (χ4n) is 3.54. The van der Waals surface area contributed by atoms with Gasteiger partial charge in [-0.3, -0.25) is 14.3 Å². The predicted octanol–water partition coefficient (Wildman–Crippen LogP) is 0.875. The number of rotatable bonds is 5. The number of aryl methyl sites for hydroxylation is 2. The van der Waals surface area contributed by atoms with Gasteiger partial charge in [0, 0.05) is 25.4 Å². The molecule has 2 aromatic heterocycles. The maximum absolute atomic E-state index is 14.1. The van der Waals surface area contributed by atoms with E-state index in [1.54, 1.807) is 13.1 Å². The number of carbonyl (C=O) groups excluding carboxylic acids is 1. The van der Waals surface area contributed by atoms with Crippen molar-refractivity contribution in [3.8, 4) is 0 Å². The molecule has 0 unspecified atom stereocenters. The Bertz CT molecular complexity index is 1380. The molecule has 0 radical (unpaired) electrons. The van der Waals surface area contributed by atoms with E-state index in [1.807, 2.05) is 0 Å². The Morgan fingerprint density at radius 3 is 2.65 bits per heavy atom. The van der Waals surface area contributed by atoms with Crippen LogP contribution in [0.1, 0.15) is 6.42 Å². The summed E-state index contributed by atoms with van der Waals surface area (Å²) in [6.07, 6.45) is 1.24. The monoisotopic (exact) mass is 426 g/mol. The Hall–Kier alpha value is -3.57. The third-order valence-corrected chi connectivity index (χ3v) is 5.05. The summed E-state index contributed by atoms with van der Waals surface area (Å²) in [6, 6.07) is 7.43. The van der Waals surface area contributed by atoms with Crippen molar-refractivity contribution in [1.29, 1.82) is 0 Å². The zero-order valence-electron chi connectivity index (χ0n) is 16.3. The number of pyridine rings is 1. The van der Waals surface area contributed by atoms with Gasteiger partial charge in [0.25, 0.3) is 5.56 Å². The average molecular weight is 426 g/mol. The molecule has 0 bridgehead atoms. The number of fused-ring (bicyclic) bond motifs is 3. The molecule has 158 valence electrons. The smallest absolute Gasteiger partial charge is 0.423 e. The molecule has 0 fully saturated rings. The Balaban J connectivity index is 1.63. The van der Waals surface area contributed by atoms with Crippen LogP contribution in [0.15, 0.2) is 47.4 Å². The molecule has 0 saturated heterocycles. The third-order valence-electron chi connectivity index (χ3n) is 5.05. The standard InChI is InChI=1S/C20H17BF2N4O4/c1-26-19-13-4-3-12(22)9-17(13)27(20(29)14(19)10-24-26)7-6-18(28)25-16-5-2-11(21(30)31)8-15(16)23/h2-5,8-10,30-31H,6-7H2,1H3,(H,25,28). The molecular weight excluding hydrogens is 409 g/mol. The number of carbonyl (C=O) groups is 1. The molecule has 2 aromatic carbocycles. The van der Waals surface area contributed by atoms with E-state index in [0.717, 1.165) is 6.07 Å². The largest absolute Gasteiger partial charge is 0.488 e. The molecule has 4 aromatic rings. The van der Waals surface area contributed by atoms with E-state index in [4.69, 9.17) is 10.0 Å².